The van der Waals surface area contributed by atoms with Gasteiger partial charge in [-0.1, -0.05) is 25.1 Å². The Morgan fingerprint density at radius 2 is 2.06 bits per heavy atom. The molecule has 0 bridgehead atoms. The van der Waals surface area contributed by atoms with Gasteiger partial charge in [0.05, 0.1) is 11.8 Å². The van der Waals surface area contributed by atoms with Gasteiger partial charge in [0.1, 0.15) is 0 Å². The third-order valence-electron chi connectivity index (χ3n) is 2.90. The molecule has 0 saturated carbocycles. The molecule has 1 unspecified atom stereocenters. The van der Waals surface area contributed by atoms with E-state index in [4.69, 9.17) is 11.6 Å². The van der Waals surface area contributed by atoms with Gasteiger partial charge in [-0.05, 0) is 37.0 Å². The number of hydrogen-bond acceptors (Lipinski definition) is 1. The highest BCUT2D eigenvalue weighted by Crippen LogP contribution is 2.10. The topological polar surface area (TPSA) is 29.1 Å². The molecule has 0 aliphatic heterocycles. The maximum absolute atomic E-state index is 11.7. The molecule has 1 atom stereocenters. The third kappa shape index (κ3) is 4.78. The van der Waals surface area contributed by atoms with E-state index in [1.807, 2.05) is 19.1 Å². The zero-order valence-corrected chi connectivity index (χ0v) is 11.5. The molecule has 1 amide bonds. The van der Waals surface area contributed by atoms with Gasteiger partial charge in [-0.2, -0.15) is 0 Å². The van der Waals surface area contributed by atoms with Crippen molar-refractivity contribution in [3.8, 4) is 0 Å². The molecule has 1 rings (SSSR count). The lowest BCUT2D eigenvalue weighted by Gasteiger charge is -2.09. The van der Waals surface area contributed by atoms with Crippen LogP contribution >= 0.6 is 11.6 Å². The van der Waals surface area contributed by atoms with Gasteiger partial charge in [0.25, 0.3) is 0 Å². The van der Waals surface area contributed by atoms with Crippen molar-refractivity contribution >= 4 is 17.5 Å². The fourth-order valence-corrected chi connectivity index (χ4v) is 1.61. The lowest BCUT2D eigenvalue weighted by atomic mass is 10.0. The number of halogens is 1. The minimum absolute atomic E-state index is 0.0266. The molecule has 1 aromatic rings. The van der Waals surface area contributed by atoms with Gasteiger partial charge < -0.3 is 5.32 Å². The second-order valence-corrected chi connectivity index (χ2v) is 5.02. The van der Waals surface area contributed by atoms with E-state index in [2.05, 4.69) is 25.2 Å². The molecule has 0 fully saturated rings. The van der Waals surface area contributed by atoms with Gasteiger partial charge in [-0.3, -0.25) is 4.79 Å². The first-order valence-corrected chi connectivity index (χ1v) is 6.43. The molecule has 0 spiro atoms. The summed E-state index contributed by atoms with van der Waals surface area (Å²) in [7, 11) is 0. The summed E-state index contributed by atoms with van der Waals surface area (Å²) < 4.78 is 0. The molecular formula is C14H20ClNO. The Bertz CT molecular complexity index is 390. The van der Waals surface area contributed by atoms with E-state index < -0.39 is 0 Å². The SMILES string of the molecule is CCC(Cl)CNC(=O)Cc1ccc(C)c(C)c1. The Labute approximate surface area is 108 Å². The number of aryl methyl sites for hydroxylation is 2. The normalized spacial score (nSPS) is 12.2. The van der Waals surface area contributed by atoms with E-state index in [9.17, 15) is 4.79 Å². The van der Waals surface area contributed by atoms with Gasteiger partial charge in [0, 0.05) is 6.54 Å². The van der Waals surface area contributed by atoms with Crippen molar-refractivity contribution < 1.29 is 4.79 Å². The highest BCUT2D eigenvalue weighted by Gasteiger charge is 2.06. The Kier molecular flexibility index (Phi) is 5.49. The number of alkyl halides is 1. The van der Waals surface area contributed by atoms with Crippen LogP contribution in [0.4, 0.5) is 0 Å². The second kappa shape index (κ2) is 6.65. The molecule has 0 aliphatic carbocycles. The van der Waals surface area contributed by atoms with E-state index in [0.717, 1.165) is 12.0 Å². The summed E-state index contributed by atoms with van der Waals surface area (Å²) in [5, 5.41) is 2.87. The summed E-state index contributed by atoms with van der Waals surface area (Å²) in [6, 6.07) is 6.11. The summed E-state index contributed by atoms with van der Waals surface area (Å²) in [4.78, 5) is 11.7. The molecule has 2 nitrogen and oxygen atoms in total. The number of amides is 1. The lowest BCUT2D eigenvalue weighted by Crippen LogP contribution is -2.30. The average molecular weight is 254 g/mol. The van der Waals surface area contributed by atoms with Crippen LogP contribution in [0.5, 0.6) is 0 Å². The fraction of sp³-hybridized carbons (Fsp3) is 0.500. The van der Waals surface area contributed by atoms with Crippen LogP contribution < -0.4 is 5.32 Å². The summed E-state index contributed by atoms with van der Waals surface area (Å²) in [5.41, 5.74) is 3.52. The smallest absolute Gasteiger partial charge is 0.224 e. The first kappa shape index (κ1) is 14.0. The van der Waals surface area contributed by atoms with E-state index in [1.165, 1.54) is 11.1 Å². The third-order valence-corrected chi connectivity index (χ3v) is 3.36. The molecule has 0 radical (unpaired) electrons. The van der Waals surface area contributed by atoms with E-state index >= 15 is 0 Å². The van der Waals surface area contributed by atoms with Crippen LogP contribution in [0.25, 0.3) is 0 Å². The van der Waals surface area contributed by atoms with Crippen molar-refractivity contribution in [2.75, 3.05) is 6.54 Å². The monoisotopic (exact) mass is 253 g/mol. The quantitative estimate of drug-likeness (QED) is 0.804. The molecule has 94 valence electrons. The molecule has 17 heavy (non-hydrogen) atoms. The zero-order chi connectivity index (χ0) is 12.8. The van der Waals surface area contributed by atoms with Crippen LogP contribution in [0.1, 0.15) is 30.0 Å². The molecular weight excluding hydrogens is 234 g/mol. The van der Waals surface area contributed by atoms with Gasteiger partial charge in [0.2, 0.25) is 5.91 Å². The summed E-state index contributed by atoms with van der Waals surface area (Å²) in [6.07, 6.45) is 1.29. The van der Waals surface area contributed by atoms with E-state index in [-0.39, 0.29) is 11.3 Å². The molecule has 0 aliphatic rings. The average Bonchev–Trinajstić information content (AvgIpc) is 2.31. The fourth-order valence-electron chi connectivity index (χ4n) is 1.53. The van der Waals surface area contributed by atoms with Crippen LogP contribution in [0.3, 0.4) is 0 Å². The minimum atomic E-state index is 0.0266. The Morgan fingerprint density at radius 1 is 1.35 bits per heavy atom. The Morgan fingerprint density at radius 3 is 2.65 bits per heavy atom. The van der Waals surface area contributed by atoms with Crippen molar-refractivity contribution in [3.05, 3.63) is 34.9 Å². The van der Waals surface area contributed by atoms with Gasteiger partial charge in [-0.15, -0.1) is 11.6 Å². The van der Waals surface area contributed by atoms with Crippen molar-refractivity contribution in [2.45, 2.75) is 39.0 Å². The predicted molar refractivity (Wildman–Crippen MR) is 72.6 cm³/mol. The second-order valence-electron chi connectivity index (χ2n) is 4.40. The van der Waals surface area contributed by atoms with Gasteiger partial charge in [-0.25, -0.2) is 0 Å². The van der Waals surface area contributed by atoms with Crippen molar-refractivity contribution in [1.29, 1.82) is 0 Å². The van der Waals surface area contributed by atoms with Crippen molar-refractivity contribution in [1.82, 2.24) is 5.32 Å². The maximum Gasteiger partial charge on any atom is 0.224 e. The van der Waals surface area contributed by atoms with Crippen LogP contribution in [-0.2, 0) is 11.2 Å². The standard InChI is InChI=1S/C14H20ClNO/c1-4-13(15)9-16-14(17)8-12-6-5-10(2)11(3)7-12/h5-7,13H,4,8-9H2,1-3H3,(H,16,17). The molecule has 1 aromatic carbocycles. The maximum atomic E-state index is 11.7. The molecule has 1 N–H and O–H groups in total. The van der Waals surface area contributed by atoms with E-state index in [0.29, 0.717) is 13.0 Å². The van der Waals surface area contributed by atoms with Crippen LogP contribution in [-0.4, -0.2) is 17.8 Å². The molecule has 0 aromatic heterocycles. The number of rotatable bonds is 5. The van der Waals surface area contributed by atoms with Crippen LogP contribution in [0.2, 0.25) is 0 Å². The summed E-state index contributed by atoms with van der Waals surface area (Å²) >= 11 is 5.94. The first-order valence-electron chi connectivity index (χ1n) is 5.99. The van der Waals surface area contributed by atoms with Crippen molar-refractivity contribution in [2.24, 2.45) is 0 Å². The predicted octanol–water partition coefficient (Wildman–Crippen LogP) is 2.98. The molecule has 0 heterocycles. The van der Waals surface area contributed by atoms with Crippen LogP contribution in [0, 0.1) is 13.8 Å². The first-order chi connectivity index (χ1) is 8.02. The lowest BCUT2D eigenvalue weighted by molar-refractivity contribution is -0.120. The largest absolute Gasteiger partial charge is 0.354 e. The molecule has 0 saturated heterocycles. The summed E-state index contributed by atoms with van der Waals surface area (Å²) in [5.74, 6) is 0.0346. The Hall–Kier alpha value is -1.02. The number of carbonyl (C=O) groups is 1. The Balaban J connectivity index is 2.48. The molecule has 3 heteroatoms. The number of carbonyl (C=O) groups excluding carboxylic acids is 1. The highest BCUT2D eigenvalue weighted by molar-refractivity contribution is 6.20. The minimum Gasteiger partial charge on any atom is -0.354 e. The van der Waals surface area contributed by atoms with Gasteiger partial charge in [0.15, 0.2) is 0 Å². The van der Waals surface area contributed by atoms with Crippen LogP contribution in [0.15, 0.2) is 18.2 Å². The van der Waals surface area contributed by atoms with E-state index in [1.54, 1.807) is 0 Å². The summed E-state index contributed by atoms with van der Waals surface area (Å²) in [6.45, 7) is 6.68. The van der Waals surface area contributed by atoms with Crippen molar-refractivity contribution in [3.63, 3.8) is 0 Å². The zero-order valence-electron chi connectivity index (χ0n) is 10.7. The number of hydrogen-bond donors (Lipinski definition) is 1. The highest BCUT2D eigenvalue weighted by atomic mass is 35.5. The van der Waals surface area contributed by atoms with Gasteiger partial charge >= 0.3 is 0 Å². The number of benzene rings is 1. The number of nitrogens with one attached hydrogen (secondary N) is 1.